The maximum absolute atomic E-state index is 12.3. The number of nitrogens with zero attached hydrogens (tertiary/aromatic N) is 1. The normalized spacial score (nSPS) is 21.1. The lowest BCUT2D eigenvalue weighted by molar-refractivity contribution is -0.274. The first-order chi connectivity index (χ1) is 11.3. The van der Waals surface area contributed by atoms with Gasteiger partial charge in [-0.05, 0) is 30.5 Å². The Bertz CT molecular complexity index is 547. The Hall–Kier alpha value is -1.80. The third kappa shape index (κ3) is 5.10. The van der Waals surface area contributed by atoms with Gasteiger partial charge in [-0.25, -0.2) is 0 Å². The van der Waals surface area contributed by atoms with E-state index in [0.717, 1.165) is 5.56 Å². The van der Waals surface area contributed by atoms with Gasteiger partial charge in [0.1, 0.15) is 5.75 Å². The summed E-state index contributed by atoms with van der Waals surface area (Å²) in [6.07, 6.45) is -3.58. The first kappa shape index (κ1) is 18.5. The number of benzene rings is 1. The molecule has 1 N–H and O–H groups in total. The Balaban J connectivity index is 1.87. The topological polar surface area (TPSA) is 59.0 Å². The minimum absolute atomic E-state index is 0.0788. The highest BCUT2D eigenvalue weighted by Crippen LogP contribution is 2.24. The van der Waals surface area contributed by atoms with Crippen molar-refractivity contribution in [1.29, 1.82) is 0 Å². The van der Waals surface area contributed by atoms with Crippen LogP contribution in [0.2, 0.25) is 0 Å². The van der Waals surface area contributed by atoms with Crippen LogP contribution < -0.4 is 4.74 Å². The van der Waals surface area contributed by atoms with E-state index in [1.165, 1.54) is 24.3 Å². The zero-order valence-electron chi connectivity index (χ0n) is 13.3. The lowest BCUT2D eigenvalue weighted by Gasteiger charge is -2.22. The molecular formula is C16H20F3NO4. The van der Waals surface area contributed by atoms with E-state index in [1.54, 1.807) is 12.0 Å². The number of aliphatic hydroxyl groups is 1. The van der Waals surface area contributed by atoms with Crippen LogP contribution in [0, 0.1) is 0 Å². The average molecular weight is 347 g/mol. The van der Waals surface area contributed by atoms with Gasteiger partial charge in [-0.3, -0.25) is 4.79 Å². The molecular weight excluding hydrogens is 327 g/mol. The summed E-state index contributed by atoms with van der Waals surface area (Å²) in [6, 6.07) is 5.20. The number of aryl methyl sites for hydroxylation is 1. The molecule has 24 heavy (non-hydrogen) atoms. The Morgan fingerprint density at radius 2 is 2.00 bits per heavy atom. The Kier molecular flexibility index (Phi) is 6.06. The summed E-state index contributed by atoms with van der Waals surface area (Å²) in [7, 11) is 1.57. The van der Waals surface area contributed by atoms with E-state index in [4.69, 9.17) is 4.74 Å². The molecule has 0 saturated carbocycles. The fourth-order valence-electron chi connectivity index (χ4n) is 2.78. The van der Waals surface area contributed by atoms with E-state index >= 15 is 0 Å². The summed E-state index contributed by atoms with van der Waals surface area (Å²) < 4.78 is 45.3. The summed E-state index contributed by atoms with van der Waals surface area (Å²) >= 11 is 0. The molecule has 0 bridgehead atoms. The molecule has 1 aromatic rings. The molecule has 1 fully saturated rings. The summed E-state index contributed by atoms with van der Waals surface area (Å²) in [6.45, 7) is 0.327. The van der Waals surface area contributed by atoms with Gasteiger partial charge in [-0.2, -0.15) is 0 Å². The summed E-state index contributed by atoms with van der Waals surface area (Å²) in [4.78, 5) is 13.9. The fraction of sp³-hybridized carbons (Fsp3) is 0.562. The molecule has 134 valence electrons. The van der Waals surface area contributed by atoms with Crippen LogP contribution >= 0.6 is 0 Å². The molecule has 1 aromatic carbocycles. The van der Waals surface area contributed by atoms with Crippen molar-refractivity contribution in [2.24, 2.45) is 0 Å². The van der Waals surface area contributed by atoms with Crippen molar-refractivity contribution < 1.29 is 32.5 Å². The predicted molar refractivity (Wildman–Crippen MR) is 79.4 cm³/mol. The standard InChI is InChI=1S/C16H20F3NO4/c1-23-14-8-12(10-21)20(9-14)15(22)7-4-11-2-5-13(6-3-11)24-16(17,18)19/h2-3,5-6,12,14,21H,4,7-10H2,1H3/t12-,14-/m0/s1. The number of carbonyl (C=O) groups excluding carboxylic acids is 1. The number of hydrogen-bond acceptors (Lipinski definition) is 4. The van der Waals surface area contributed by atoms with E-state index in [-0.39, 0.29) is 36.8 Å². The van der Waals surface area contributed by atoms with Crippen molar-refractivity contribution >= 4 is 5.91 Å². The van der Waals surface area contributed by atoms with Crippen molar-refractivity contribution in [1.82, 2.24) is 4.90 Å². The number of halogens is 3. The summed E-state index contributed by atoms with van der Waals surface area (Å²) in [5, 5.41) is 9.35. The van der Waals surface area contributed by atoms with E-state index in [1.807, 2.05) is 0 Å². The number of hydrogen-bond donors (Lipinski definition) is 1. The van der Waals surface area contributed by atoms with Gasteiger partial charge in [0, 0.05) is 20.1 Å². The summed E-state index contributed by atoms with van der Waals surface area (Å²) in [5.41, 5.74) is 0.737. The minimum Gasteiger partial charge on any atom is -0.406 e. The zero-order valence-corrected chi connectivity index (χ0v) is 13.3. The fourth-order valence-corrected chi connectivity index (χ4v) is 2.78. The van der Waals surface area contributed by atoms with Gasteiger partial charge in [-0.1, -0.05) is 12.1 Å². The molecule has 1 amide bonds. The van der Waals surface area contributed by atoms with E-state index in [9.17, 15) is 23.1 Å². The number of carbonyl (C=O) groups is 1. The molecule has 2 rings (SSSR count). The molecule has 8 heteroatoms. The molecule has 5 nitrogen and oxygen atoms in total. The maximum Gasteiger partial charge on any atom is 0.573 e. The van der Waals surface area contributed by atoms with Gasteiger partial charge >= 0.3 is 6.36 Å². The smallest absolute Gasteiger partial charge is 0.406 e. The van der Waals surface area contributed by atoms with E-state index in [2.05, 4.69) is 4.74 Å². The largest absolute Gasteiger partial charge is 0.573 e. The average Bonchev–Trinajstić information content (AvgIpc) is 2.96. The van der Waals surface area contributed by atoms with Gasteiger partial charge in [-0.15, -0.1) is 13.2 Å². The van der Waals surface area contributed by atoms with Crippen LogP contribution in [-0.4, -0.2) is 54.7 Å². The van der Waals surface area contributed by atoms with Crippen LogP contribution in [0.5, 0.6) is 5.75 Å². The lowest BCUT2D eigenvalue weighted by atomic mass is 10.1. The van der Waals surface area contributed by atoms with Gasteiger partial charge in [0.2, 0.25) is 5.91 Å². The molecule has 1 aliphatic heterocycles. The molecule has 1 aliphatic rings. The van der Waals surface area contributed by atoms with E-state index in [0.29, 0.717) is 19.4 Å². The Morgan fingerprint density at radius 1 is 1.33 bits per heavy atom. The third-order valence-electron chi connectivity index (χ3n) is 4.02. The number of aliphatic hydroxyl groups excluding tert-OH is 1. The van der Waals surface area contributed by atoms with Crippen LogP contribution in [0.4, 0.5) is 13.2 Å². The SMILES string of the molecule is CO[C@H]1C[C@@H](CO)N(C(=O)CCc2ccc(OC(F)(F)F)cc2)C1. The van der Waals surface area contributed by atoms with Gasteiger partial charge in [0.15, 0.2) is 0 Å². The lowest BCUT2D eigenvalue weighted by Crippen LogP contribution is -2.38. The van der Waals surface area contributed by atoms with Gasteiger partial charge in [0.05, 0.1) is 18.8 Å². The highest BCUT2D eigenvalue weighted by molar-refractivity contribution is 5.77. The molecule has 0 radical (unpaired) electrons. The number of ether oxygens (including phenoxy) is 2. The monoisotopic (exact) mass is 347 g/mol. The van der Waals surface area contributed by atoms with Crippen molar-refractivity contribution in [2.75, 3.05) is 20.3 Å². The third-order valence-corrected chi connectivity index (χ3v) is 4.02. The number of rotatable bonds is 6. The highest BCUT2D eigenvalue weighted by atomic mass is 19.4. The van der Waals surface area contributed by atoms with Gasteiger partial charge < -0.3 is 19.5 Å². The molecule has 0 unspecified atom stereocenters. The Morgan fingerprint density at radius 3 is 2.54 bits per heavy atom. The Labute approximate surface area is 138 Å². The summed E-state index contributed by atoms with van der Waals surface area (Å²) in [5.74, 6) is -0.399. The van der Waals surface area contributed by atoms with Crippen LogP contribution in [0.25, 0.3) is 0 Å². The van der Waals surface area contributed by atoms with Crippen molar-refractivity contribution in [3.05, 3.63) is 29.8 Å². The second kappa shape index (κ2) is 7.85. The predicted octanol–water partition coefficient (Wildman–Crippen LogP) is 2.13. The maximum atomic E-state index is 12.3. The van der Waals surface area contributed by atoms with Crippen LogP contribution in [-0.2, 0) is 16.0 Å². The second-order valence-electron chi connectivity index (χ2n) is 5.67. The molecule has 0 aliphatic carbocycles. The van der Waals surface area contributed by atoms with Crippen molar-refractivity contribution in [3.8, 4) is 5.75 Å². The quantitative estimate of drug-likeness (QED) is 0.856. The first-order valence-electron chi connectivity index (χ1n) is 7.60. The van der Waals surface area contributed by atoms with Crippen LogP contribution in [0.3, 0.4) is 0 Å². The number of methoxy groups -OCH3 is 1. The number of likely N-dealkylation sites (tertiary alicyclic amines) is 1. The molecule has 0 aromatic heterocycles. The van der Waals surface area contributed by atoms with Crippen LogP contribution in [0.1, 0.15) is 18.4 Å². The number of alkyl halides is 3. The van der Waals surface area contributed by atoms with E-state index < -0.39 is 6.36 Å². The van der Waals surface area contributed by atoms with Crippen LogP contribution in [0.15, 0.2) is 24.3 Å². The van der Waals surface area contributed by atoms with Crippen molar-refractivity contribution in [3.63, 3.8) is 0 Å². The van der Waals surface area contributed by atoms with Crippen molar-refractivity contribution in [2.45, 2.75) is 37.8 Å². The minimum atomic E-state index is -4.72. The first-order valence-corrected chi connectivity index (χ1v) is 7.60. The molecule has 0 spiro atoms. The second-order valence-corrected chi connectivity index (χ2v) is 5.67. The van der Waals surface area contributed by atoms with Gasteiger partial charge in [0.25, 0.3) is 0 Å². The highest BCUT2D eigenvalue weighted by Gasteiger charge is 2.34. The molecule has 2 atom stereocenters. The molecule has 1 heterocycles. The molecule has 1 saturated heterocycles. The number of amides is 1. The zero-order chi connectivity index (χ0) is 17.7.